The average Bonchev–Trinajstić information content (AvgIpc) is 2.87. The number of Topliss-reactive ketones (excluding diaryl/α,β-unsaturated/α-hetero) is 1. The van der Waals surface area contributed by atoms with Crippen molar-refractivity contribution in [2.45, 2.75) is 31.8 Å². The minimum atomic E-state index is -0.264. The van der Waals surface area contributed by atoms with Crippen LogP contribution in [0.4, 0.5) is 0 Å². The quantitative estimate of drug-likeness (QED) is 0.734. The van der Waals surface area contributed by atoms with Crippen LogP contribution in [0.5, 0.6) is 5.75 Å². The summed E-state index contributed by atoms with van der Waals surface area (Å²) in [6.45, 7) is 1.39. The second-order valence-corrected chi connectivity index (χ2v) is 4.61. The number of rotatable bonds is 2. The predicted octanol–water partition coefficient (Wildman–Crippen LogP) is 2.37. The summed E-state index contributed by atoms with van der Waals surface area (Å²) in [7, 11) is 0. The first-order valence-corrected chi connectivity index (χ1v) is 6.27. The highest BCUT2D eigenvalue weighted by molar-refractivity contribution is 6.02. The highest BCUT2D eigenvalue weighted by Gasteiger charge is 2.28. The first kappa shape index (κ1) is 10.8. The molecule has 0 amide bonds. The van der Waals surface area contributed by atoms with Gasteiger partial charge in [-0.3, -0.25) is 4.79 Å². The van der Waals surface area contributed by atoms with E-state index in [2.05, 4.69) is 0 Å². The lowest BCUT2D eigenvalue weighted by atomic mass is 9.97. The molecule has 0 aromatic heterocycles. The minimum Gasteiger partial charge on any atom is -0.492 e. The molecular formula is C14H16O3. The first-order chi connectivity index (χ1) is 8.36. The van der Waals surface area contributed by atoms with Gasteiger partial charge in [0.2, 0.25) is 0 Å². The second-order valence-electron chi connectivity index (χ2n) is 4.61. The third kappa shape index (κ3) is 1.95. The first-order valence-electron chi connectivity index (χ1n) is 6.27. The van der Waals surface area contributed by atoms with Crippen LogP contribution in [-0.4, -0.2) is 25.1 Å². The van der Waals surface area contributed by atoms with Crippen molar-refractivity contribution in [2.24, 2.45) is 0 Å². The summed E-state index contributed by atoms with van der Waals surface area (Å²) in [5, 5.41) is 0. The van der Waals surface area contributed by atoms with E-state index in [0.717, 1.165) is 37.0 Å². The second kappa shape index (κ2) is 4.49. The van der Waals surface area contributed by atoms with Crippen molar-refractivity contribution in [3.8, 4) is 5.75 Å². The van der Waals surface area contributed by atoms with Crippen molar-refractivity contribution in [3.05, 3.63) is 29.3 Å². The van der Waals surface area contributed by atoms with E-state index in [-0.39, 0.29) is 11.9 Å². The van der Waals surface area contributed by atoms with Gasteiger partial charge < -0.3 is 9.47 Å². The third-order valence-electron chi connectivity index (χ3n) is 3.45. The molecule has 0 saturated carbocycles. The van der Waals surface area contributed by atoms with Gasteiger partial charge in [-0.25, -0.2) is 0 Å². The maximum atomic E-state index is 12.4. The largest absolute Gasteiger partial charge is 0.492 e. The molecule has 2 aliphatic heterocycles. The molecule has 0 spiro atoms. The van der Waals surface area contributed by atoms with Crippen LogP contribution < -0.4 is 4.74 Å². The summed E-state index contributed by atoms with van der Waals surface area (Å²) in [4.78, 5) is 12.4. The molecule has 1 atom stereocenters. The SMILES string of the molecule is O=C(c1cccc2c1OCC2)C1CCCCO1. The molecule has 1 saturated heterocycles. The van der Waals surface area contributed by atoms with Crippen molar-refractivity contribution in [1.82, 2.24) is 0 Å². The summed E-state index contributed by atoms with van der Waals surface area (Å²) >= 11 is 0. The molecule has 3 heteroatoms. The van der Waals surface area contributed by atoms with Gasteiger partial charge in [0, 0.05) is 13.0 Å². The van der Waals surface area contributed by atoms with E-state index in [9.17, 15) is 4.79 Å². The normalized spacial score (nSPS) is 22.9. The van der Waals surface area contributed by atoms with Gasteiger partial charge in [0.15, 0.2) is 5.78 Å². The van der Waals surface area contributed by atoms with Crippen LogP contribution >= 0.6 is 0 Å². The van der Waals surface area contributed by atoms with Gasteiger partial charge in [0.1, 0.15) is 11.9 Å². The number of hydrogen-bond acceptors (Lipinski definition) is 3. The van der Waals surface area contributed by atoms with E-state index in [1.54, 1.807) is 0 Å². The molecule has 90 valence electrons. The molecule has 3 nitrogen and oxygen atoms in total. The summed E-state index contributed by atoms with van der Waals surface area (Å²) in [5.74, 6) is 0.870. The molecule has 0 aliphatic carbocycles. The molecule has 0 N–H and O–H groups in total. The van der Waals surface area contributed by atoms with E-state index in [0.29, 0.717) is 18.8 Å². The van der Waals surface area contributed by atoms with Gasteiger partial charge in [0.25, 0.3) is 0 Å². The number of para-hydroxylation sites is 1. The van der Waals surface area contributed by atoms with Gasteiger partial charge in [-0.1, -0.05) is 12.1 Å². The topological polar surface area (TPSA) is 35.5 Å². The molecule has 17 heavy (non-hydrogen) atoms. The van der Waals surface area contributed by atoms with Crippen molar-refractivity contribution < 1.29 is 14.3 Å². The van der Waals surface area contributed by atoms with Crippen LogP contribution in [0.2, 0.25) is 0 Å². The molecule has 2 heterocycles. The van der Waals surface area contributed by atoms with Crippen molar-refractivity contribution in [2.75, 3.05) is 13.2 Å². The maximum Gasteiger partial charge on any atom is 0.195 e. The van der Waals surface area contributed by atoms with Crippen LogP contribution in [0.1, 0.15) is 35.2 Å². The van der Waals surface area contributed by atoms with Crippen molar-refractivity contribution >= 4 is 5.78 Å². The van der Waals surface area contributed by atoms with E-state index in [1.165, 1.54) is 0 Å². The average molecular weight is 232 g/mol. The Morgan fingerprint density at radius 1 is 1.24 bits per heavy atom. The Kier molecular flexibility index (Phi) is 2.85. The smallest absolute Gasteiger partial charge is 0.195 e. The van der Waals surface area contributed by atoms with E-state index >= 15 is 0 Å². The Morgan fingerprint density at radius 3 is 3.00 bits per heavy atom. The highest BCUT2D eigenvalue weighted by Crippen LogP contribution is 2.31. The summed E-state index contributed by atoms with van der Waals surface area (Å²) in [6.07, 6.45) is 3.61. The molecule has 2 aliphatic rings. The summed E-state index contributed by atoms with van der Waals surface area (Å²) < 4.78 is 11.1. The Balaban J connectivity index is 1.88. The Labute approximate surface area is 101 Å². The molecule has 0 radical (unpaired) electrons. The number of benzene rings is 1. The fourth-order valence-electron chi connectivity index (χ4n) is 2.53. The van der Waals surface area contributed by atoms with E-state index in [4.69, 9.17) is 9.47 Å². The fraction of sp³-hybridized carbons (Fsp3) is 0.500. The summed E-state index contributed by atoms with van der Waals surface area (Å²) in [6, 6.07) is 5.81. The van der Waals surface area contributed by atoms with Crippen LogP contribution in [0.25, 0.3) is 0 Å². The van der Waals surface area contributed by atoms with Crippen molar-refractivity contribution in [1.29, 1.82) is 0 Å². The Bertz CT molecular complexity index is 433. The van der Waals surface area contributed by atoms with Crippen LogP contribution in [0.15, 0.2) is 18.2 Å². The number of ketones is 1. The number of carbonyl (C=O) groups is 1. The molecule has 1 fully saturated rings. The lowest BCUT2D eigenvalue weighted by Crippen LogP contribution is -2.28. The standard InChI is InChI=1S/C14H16O3/c15-13(12-6-1-2-8-16-12)11-5-3-4-10-7-9-17-14(10)11/h3-5,12H,1-2,6-9H2. The molecule has 1 aromatic rings. The maximum absolute atomic E-state index is 12.4. The van der Waals surface area contributed by atoms with Crippen LogP contribution in [0.3, 0.4) is 0 Å². The molecule has 3 rings (SSSR count). The van der Waals surface area contributed by atoms with Crippen LogP contribution in [0, 0.1) is 0 Å². The van der Waals surface area contributed by atoms with Gasteiger partial charge >= 0.3 is 0 Å². The molecule has 0 bridgehead atoms. The van der Waals surface area contributed by atoms with Gasteiger partial charge in [-0.05, 0) is 30.9 Å². The molecule has 1 unspecified atom stereocenters. The van der Waals surface area contributed by atoms with Crippen molar-refractivity contribution in [3.63, 3.8) is 0 Å². The Hall–Kier alpha value is -1.35. The fourth-order valence-corrected chi connectivity index (χ4v) is 2.53. The van der Waals surface area contributed by atoms with Gasteiger partial charge in [0.05, 0.1) is 12.2 Å². The molecular weight excluding hydrogens is 216 g/mol. The number of ether oxygens (including phenoxy) is 2. The number of fused-ring (bicyclic) bond motifs is 1. The lowest BCUT2D eigenvalue weighted by molar-refractivity contribution is 0.0184. The van der Waals surface area contributed by atoms with E-state index < -0.39 is 0 Å². The minimum absolute atomic E-state index is 0.0865. The summed E-state index contributed by atoms with van der Waals surface area (Å²) in [5.41, 5.74) is 1.85. The zero-order valence-corrected chi connectivity index (χ0v) is 9.78. The Morgan fingerprint density at radius 2 is 2.18 bits per heavy atom. The van der Waals surface area contributed by atoms with Crippen LogP contribution in [-0.2, 0) is 11.2 Å². The lowest BCUT2D eigenvalue weighted by Gasteiger charge is -2.22. The zero-order chi connectivity index (χ0) is 11.7. The predicted molar refractivity (Wildman–Crippen MR) is 63.6 cm³/mol. The monoisotopic (exact) mass is 232 g/mol. The van der Waals surface area contributed by atoms with Gasteiger partial charge in [-0.2, -0.15) is 0 Å². The third-order valence-corrected chi connectivity index (χ3v) is 3.45. The number of carbonyl (C=O) groups excluding carboxylic acids is 1. The zero-order valence-electron chi connectivity index (χ0n) is 9.78. The molecule has 1 aromatic carbocycles. The highest BCUT2D eigenvalue weighted by atomic mass is 16.5. The van der Waals surface area contributed by atoms with Gasteiger partial charge in [-0.15, -0.1) is 0 Å². The van der Waals surface area contributed by atoms with E-state index in [1.807, 2.05) is 18.2 Å². The number of hydrogen-bond donors (Lipinski definition) is 0.